The number of hydrogen-bond acceptors (Lipinski definition) is 2. The van der Waals surface area contributed by atoms with E-state index in [2.05, 4.69) is 5.92 Å². The molecule has 0 aliphatic heterocycles. The standard InChI is InChI=1S/C20H15FO2/c1-3-6-18-17-8-5-4-7-14(17)11-15-9-10-16(21)12-19(15)20(18)23-13(2)22/h1,4-5,7-10,12H,6,11H2,2H3. The average Bonchev–Trinajstić information content (AvgIpc) is 2.64. The third kappa shape index (κ3) is 2.89. The Hall–Kier alpha value is -2.86. The summed E-state index contributed by atoms with van der Waals surface area (Å²) in [5.41, 5.74) is 4.25. The van der Waals surface area contributed by atoms with Crippen molar-refractivity contribution in [1.82, 2.24) is 0 Å². The van der Waals surface area contributed by atoms with Crippen LogP contribution in [0.15, 0.2) is 42.5 Å². The predicted molar refractivity (Wildman–Crippen MR) is 87.7 cm³/mol. The number of carbonyl (C=O) groups excluding carboxylic acids is 1. The second-order valence-corrected chi connectivity index (χ2v) is 5.42. The minimum Gasteiger partial charge on any atom is -0.426 e. The molecular formula is C20H15FO2. The van der Waals surface area contributed by atoms with Crippen molar-refractivity contribution in [3.63, 3.8) is 0 Å². The Bertz CT molecular complexity index is 856. The topological polar surface area (TPSA) is 26.3 Å². The fraction of sp³-hybridized carbons (Fsp3) is 0.150. The van der Waals surface area contributed by atoms with Crippen LogP contribution < -0.4 is 0 Å². The number of rotatable bonds is 2. The minimum atomic E-state index is -0.455. The highest BCUT2D eigenvalue weighted by Gasteiger charge is 2.24. The molecule has 0 saturated carbocycles. The highest BCUT2D eigenvalue weighted by Crippen LogP contribution is 2.38. The second-order valence-electron chi connectivity index (χ2n) is 5.42. The zero-order chi connectivity index (χ0) is 16.4. The monoisotopic (exact) mass is 306 g/mol. The summed E-state index contributed by atoms with van der Waals surface area (Å²) in [4.78, 5) is 11.6. The van der Waals surface area contributed by atoms with Crippen molar-refractivity contribution in [3.8, 4) is 12.3 Å². The van der Waals surface area contributed by atoms with Gasteiger partial charge in [0.05, 0.1) is 0 Å². The van der Waals surface area contributed by atoms with Gasteiger partial charge < -0.3 is 4.74 Å². The molecule has 0 fully saturated rings. The summed E-state index contributed by atoms with van der Waals surface area (Å²) in [5, 5.41) is 0. The van der Waals surface area contributed by atoms with E-state index in [0.29, 0.717) is 24.2 Å². The van der Waals surface area contributed by atoms with Crippen LogP contribution in [0.5, 0.6) is 0 Å². The average molecular weight is 306 g/mol. The Morgan fingerprint density at radius 1 is 1.22 bits per heavy atom. The lowest BCUT2D eigenvalue weighted by molar-refractivity contribution is -0.134. The molecule has 2 nitrogen and oxygen atoms in total. The molecule has 3 heteroatoms. The summed E-state index contributed by atoms with van der Waals surface area (Å²) in [7, 11) is 0. The third-order valence-corrected chi connectivity index (χ3v) is 3.84. The molecule has 0 N–H and O–H groups in total. The molecule has 0 saturated heterocycles. The van der Waals surface area contributed by atoms with Gasteiger partial charge in [-0.3, -0.25) is 4.79 Å². The lowest BCUT2D eigenvalue weighted by Gasteiger charge is -2.14. The van der Waals surface area contributed by atoms with Crippen LogP contribution in [-0.2, 0) is 16.0 Å². The lowest BCUT2D eigenvalue weighted by atomic mass is 9.96. The first kappa shape index (κ1) is 15.1. The van der Waals surface area contributed by atoms with Crippen LogP contribution >= 0.6 is 0 Å². The number of carbonyl (C=O) groups is 1. The van der Waals surface area contributed by atoms with Gasteiger partial charge in [0.1, 0.15) is 11.6 Å². The van der Waals surface area contributed by atoms with E-state index < -0.39 is 5.97 Å². The zero-order valence-corrected chi connectivity index (χ0v) is 12.7. The molecule has 0 heterocycles. The van der Waals surface area contributed by atoms with Crippen molar-refractivity contribution in [2.75, 3.05) is 0 Å². The predicted octanol–water partition coefficient (Wildman–Crippen LogP) is 4.18. The maximum Gasteiger partial charge on any atom is 0.308 e. The molecule has 1 aliphatic rings. The first-order valence-electron chi connectivity index (χ1n) is 7.32. The van der Waals surface area contributed by atoms with Crippen LogP contribution in [0.2, 0.25) is 0 Å². The minimum absolute atomic E-state index is 0.301. The Morgan fingerprint density at radius 2 is 1.96 bits per heavy atom. The summed E-state index contributed by atoms with van der Waals surface area (Å²) in [6.45, 7) is 1.33. The summed E-state index contributed by atoms with van der Waals surface area (Å²) in [5.74, 6) is 2.14. The largest absolute Gasteiger partial charge is 0.426 e. The molecule has 2 aromatic carbocycles. The van der Waals surface area contributed by atoms with E-state index in [9.17, 15) is 9.18 Å². The van der Waals surface area contributed by atoms with Crippen LogP contribution in [0.3, 0.4) is 0 Å². The van der Waals surface area contributed by atoms with Gasteiger partial charge in [0.2, 0.25) is 0 Å². The second kappa shape index (κ2) is 6.10. The molecule has 23 heavy (non-hydrogen) atoms. The molecular weight excluding hydrogens is 291 g/mol. The number of hydrogen-bond donors (Lipinski definition) is 0. The number of benzene rings is 2. The number of ether oxygens (including phenoxy) is 1. The highest BCUT2D eigenvalue weighted by atomic mass is 19.1. The van der Waals surface area contributed by atoms with Crippen LogP contribution in [0.25, 0.3) is 11.3 Å². The summed E-state index contributed by atoms with van der Waals surface area (Å²) < 4.78 is 19.2. The SMILES string of the molecule is C#CCC1=C(OC(C)=O)c2cc(F)ccc2Cc2ccccc21. The van der Waals surface area contributed by atoms with E-state index in [1.165, 1.54) is 19.1 Å². The van der Waals surface area contributed by atoms with E-state index in [4.69, 9.17) is 11.2 Å². The van der Waals surface area contributed by atoms with E-state index in [-0.39, 0.29) is 5.82 Å². The Balaban J connectivity index is 2.35. The van der Waals surface area contributed by atoms with Crippen LogP contribution in [0.4, 0.5) is 4.39 Å². The molecule has 114 valence electrons. The van der Waals surface area contributed by atoms with Gasteiger partial charge in [-0.05, 0) is 35.2 Å². The quantitative estimate of drug-likeness (QED) is 0.614. The van der Waals surface area contributed by atoms with Gasteiger partial charge in [-0.15, -0.1) is 12.3 Å². The van der Waals surface area contributed by atoms with Crippen molar-refractivity contribution in [2.24, 2.45) is 0 Å². The van der Waals surface area contributed by atoms with Crippen molar-refractivity contribution in [1.29, 1.82) is 0 Å². The van der Waals surface area contributed by atoms with Gasteiger partial charge >= 0.3 is 5.97 Å². The van der Waals surface area contributed by atoms with Crippen LogP contribution in [-0.4, -0.2) is 5.97 Å². The third-order valence-electron chi connectivity index (χ3n) is 3.84. The molecule has 0 bridgehead atoms. The summed E-state index contributed by atoms with van der Waals surface area (Å²) in [6, 6.07) is 12.4. The van der Waals surface area contributed by atoms with Crippen molar-refractivity contribution in [2.45, 2.75) is 19.8 Å². The first-order valence-corrected chi connectivity index (χ1v) is 7.32. The van der Waals surface area contributed by atoms with E-state index in [0.717, 1.165) is 22.3 Å². The fourth-order valence-electron chi connectivity index (χ4n) is 2.91. The van der Waals surface area contributed by atoms with E-state index >= 15 is 0 Å². The van der Waals surface area contributed by atoms with E-state index in [1.807, 2.05) is 24.3 Å². The Labute approximate surface area is 134 Å². The number of esters is 1. The maximum absolute atomic E-state index is 13.8. The molecule has 0 unspecified atom stereocenters. The van der Waals surface area contributed by atoms with Gasteiger partial charge in [-0.2, -0.15) is 0 Å². The van der Waals surface area contributed by atoms with Crippen molar-refractivity contribution >= 4 is 17.3 Å². The number of allylic oxidation sites excluding steroid dienone is 1. The van der Waals surface area contributed by atoms with Crippen LogP contribution in [0.1, 0.15) is 35.6 Å². The zero-order valence-electron chi connectivity index (χ0n) is 12.7. The molecule has 0 spiro atoms. The number of halogens is 1. The molecule has 0 amide bonds. The highest BCUT2D eigenvalue weighted by molar-refractivity contribution is 5.95. The molecule has 3 rings (SSSR count). The Morgan fingerprint density at radius 3 is 2.70 bits per heavy atom. The molecule has 2 aromatic rings. The van der Waals surface area contributed by atoms with Gasteiger partial charge in [0, 0.05) is 24.5 Å². The van der Waals surface area contributed by atoms with Gasteiger partial charge in [0.25, 0.3) is 0 Å². The van der Waals surface area contributed by atoms with Crippen molar-refractivity contribution in [3.05, 3.63) is 70.5 Å². The summed E-state index contributed by atoms with van der Waals surface area (Å²) >= 11 is 0. The maximum atomic E-state index is 13.8. The smallest absolute Gasteiger partial charge is 0.308 e. The fourth-order valence-corrected chi connectivity index (χ4v) is 2.91. The Kier molecular flexibility index (Phi) is 3.99. The molecule has 1 aliphatic carbocycles. The molecule has 0 aromatic heterocycles. The van der Waals surface area contributed by atoms with Gasteiger partial charge in [-0.1, -0.05) is 30.3 Å². The van der Waals surface area contributed by atoms with Gasteiger partial charge in [0.15, 0.2) is 0 Å². The molecule has 0 atom stereocenters. The first-order chi connectivity index (χ1) is 11.1. The lowest BCUT2D eigenvalue weighted by Crippen LogP contribution is -2.03. The normalized spacial score (nSPS) is 12.7. The number of terminal acetylenes is 1. The van der Waals surface area contributed by atoms with Crippen LogP contribution in [0, 0.1) is 18.2 Å². The van der Waals surface area contributed by atoms with Crippen molar-refractivity contribution < 1.29 is 13.9 Å². The van der Waals surface area contributed by atoms with Gasteiger partial charge in [-0.25, -0.2) is 4.39 Å². The molecule has 0 radical (unpaired) electrons. The summed E-state index contributed by atoms with van der Waals surface area (Å²) in [6.07, 6.45) is 6.44. The number of fused-ring (bicyclic) bond motifs is 2. The van der Waals surface area contributed by atoms with E-state index in [1.54, 1.807) is 6.07 Å².